The molecule has 1 aliphatic rings. The summed E-state index contributed by atoms with van der Waals surface area (Å²) in [6, 6.07) is 9.58. The van der Waals surface area contributed by atoms with Gasteiger partial charge in [-0.1, -0.05) is 41.8 Å². The van der Waals surface area contributed by atoms with Crippen LogP contribution in [0.4, 0.5) is 5.69 Å². The van der Waals surface area contributed by atoms with Crippen molar-refractivity contribution >= 4 is 50.2 Å². The second-order valence-electron chi connectivity index (χ2n) is 3.87. The molecule has 6 heteroatoms. The van der Waals surface area contributed by atoms with Gasteiger partial charge >= 0.3 is 0 Å². The number of hydrogen-bond acceptors (Lipinski definition) is 4. The van der Waals surface area contributed by atoms with Gasteiger partial charge in [0, 0.05) is 4.70 Å². The Hall–Kier alpha value is -1.79. The number of benzene rings is 1. The van der Waals surface area contributed by atoms with Crippen LogP contribution in [0.15, 0.2) is 40.1 Å². The van der Waals surface area contributed by atoms with Crippen LogP contribution in [-0.4, -0.2) is 10.8 Å². The molecule has 0 unspecified atom stereocenters. The number of nitrogens with one attached hydrogen (secondary N) is 2. The van der Waals surface area contributed by atoms with Gasteiger partial charge in [0.1, 0.15) is 16.5 Å². The van der Waals surface area contributed by atoms with Crippen LogP contribution < -0.4 is 15.6 Å². The van der Waals surface area contributed by atoms with Crippen LogP contribution >= 0.6 is 23.6 Å². The molecule has 2 N–H and O–H groups in total. The summed E-state index contributed by atoms with van der Waals surface area (Å²) in [5, 5.41) is 1.02. The van der Waals surface area contributed by atoms with Crippen LogP contribution in [0.1, 0.15) is 6.42 Å². The number of thiocarbonyl (C=S) groups is 1. The first kappa shape index (κ1) is 11.3. The van der Waals surface area contributed by atoms with Gasteiger partial charge in [0.15, 0.2) is 0 Å². The lowest BCUT2D eigenvalue weighted by atomic mass is 10.2. The van der Waals surface area contributed by atoms with Crippen molar-refractivity contribution in [2.45, 2.75) is 6.42 Å². The normalized spacial score (nSPS) is 16.9. The number of fused-ring (bicyclic) bond motifs is 1. The molecule has 0 radical (unpaired) electrons. The quantitative estimate of drug-likeness (QED) is 0.783. The summed E-state index contributed by atoms with van der Waals surface area (Å²) in [7, 11) is 0. The topological polar surface area (TPSA) is 53.5 Å². The monoisotopic (exact) mass is 275 g/mol. The summed E-state index contributed by atoms with van der Waals surface area (Å²) < 4.78 is 0.931. The van der Waals surface area contributed by atoms with E-state index >= 15 is 0 Å². The highest BCUT2D eigenvalue weighted by Crippen LogP contribution is 2.21. The molecule has 3 rings (SSSR count). The number of nitrogens with zero attached hydrogens (tertiary/aromatic N) is 1. The number of hydrogen-bond donors (Lipinski definition) is 2. The van der Waals surface area contributed by atoms with Crippen molar-refractivity contribution in [3.8, 4) is 0 Å². The maximum absolute atomic E-state index is 11.9. The van der Waals surface area contributed by atoms with Crippen LogP contribution in [0.3, 0.4) is 0 Å². The minimum Gasteiger partial charge on any atom is -0.293 e. The average Bonchev–Trinajstić information content (AvgIpc) is 2.76. The van der Waals surface area contributed by atoms with Gasteiger partial charge in [-0.15, -0.1) is 0 Å². The lowest BCUT2D eigenvalue weighted by Gasteiger charge is -1.99. The van der Waals surface area contributed by atoms with E-state index in [4.69, 9.17) is 12.2 Å². The van der Waals surface area contributed by atoms with Crippen molar-refractivity contribution in [2.75, 3.05) is 0 Å². The van der Waals surface area contributed by atoms with Crippen molar-refractivity contribution in [2.24, 2.45) is 4.99 Å². The van der Waals surface area contributed by atoms with Crippen LogP contribution in [0.5, 0.6) is 0 Å². The molecule has 4 nitrogen and oxygen atoms in total. The molecule has 0 atom stereocenters. The lowest BCUT2D eigenvalue weighted by molar-refractivity contribution is 0.912. The molecule has 0 spiro atoms. The summed E-state index contributed by atoms with van der Waals surface area (Å²) in [5.41, 5.74) is 6.10. The zero-order valence-electron chi connectivity index (χ0n) is 9.27. The first-order valence-corrected chi connectivity index (χ1v) is 6.60. The van der Waals surface area contributed by atoms with Gasteiger partial charge in [0.05, 0.1) is 6.42 Å². The number of aliphatic imine (C=N–C) groups is 1. The molecule has 1 fully saturated rings. The van der Waals surface area contributed by atoms with Gasteiger partial charge in [-0.05, 0) is 17.5 Å². The standard InChI is InChI=1S/C12H9N3OS2/c16-12-8(13-10-6-11(17)15-14-10)5-7-3-1-2-4-9(7)18-12/h1-5H,6H2,(H,13,14)(H,15,17). The fourth-order valence-electron chi connectivity index (χ4n) is 1.72. The third-order valence-electron chi connectivity index (χ3n) is 2.55. The predicted octanol–water partition coefficient (Wildman–Crippen LogP) is 2.12. The summed E-state index contributed by atoms with van der Waals surface area (Å²) >= 11 is 6.20. The van der Waals surface area contributed by atoms with Crippen molar-refractivity contribution < 1.29 is 0 Å². The lowest BCUT2D eigenvalue weighted by Crippen LogP contribution is -2.27. The molecule has 0 amide bonds. The second-order valence-corrected chi connectivity index (χ2v) is 5.37. The summed E-state index contributed by atoms with van der Waals surface area (Å²) in [6.07, 6.45) is 0.548. The van der Waals surface area contributed by atoms with E-state index in [9.17, 15) is 4.79 Å². The summed E-state index contributed by atoms with van der Waals surface area (Å²) in [5.74, 6) is 0.680. The van der Waals surface area contributed by atoms with Gasteiger partial charge in [-0.3, -0.25) is 15.6 Å². The summed E-state index contributed by atoms with van der Waals surface area (Å²) in [4.78, 5) is 16.9. The molecule has 90 valence electrons. The predicted molar refractivity (Wildman–Crippen MR) is 78.7 cm³/mol. The van der Waals surface area contributed by atoms with Crippen molar-refractivity contribution in [3.05, 3.63) is 39.9 Å². The molecule has 2 heterocycles. The van der Waals surface area contributed by atoms with Gasteiger partial charge in [0.25, 0.3) is 4.74 Å². The van der Waals surface area contributed by atoms with Crippen LogP contribution in [0.2, 0.25) is 0 Å². The maximum atomic E-state index is 11.9. The number of hydrazine groups is 1. The van der Waals surface area contributed by atoms with Crippen LogP contribution in [0, 0.1) is 0 Å². The summed E-state index contributed by atoms with van der Waals surface area (Å²) in [6.45, 7) is 0. The Morgan fingerprint density at radius 3 is 2.89 bits per heavy atom. The fourth-order valence-corrected chi connectivity index (χ4v) is 2.71. The third kappa shape index (κ3) is 2.12. The Morgan fingerprint density at radius 2 is 2.11 bits per heavy atom. The third-order valence-corrected chi connectivity index (χ3v) is 3.79. The second kappa shape index (κ2) is 4.47. The van der Waals surface area contributed by atoms with Gasteiger partial charge in [-0.25, -0.2) is 4.99 Å². The van der Waals surface area contributed by atoms with E-state index in [1.54, 1.807) is 0 Å². The Labute approximate surface area is 112 Å². The minimum atomic E-state index is -0.0409. The molecule has 2 aromatic rings. The highest BCUT2D eigenvalue weighted by molar-refractivity contribution is 7.80. The zero-order chi connectivity index (χ0) is 12.5. The van der Waals surface area contributed by atoms with Crippen LogP contribution in [-0.2, 0) is 0 Å². The van der Waals surface area contributed by atoms with E-state index in [-0.39, 0.29) is 4.74 Å². The molecule has 1 aliphatic heterocycles. The number of amidine groups is 1. The van der Waals surface area contributed by atoms with E-state index < -0.39 is 0 Å². The smallest absolute Gasteiger partial charge is 0.258 e. The van der Waals surface area contributed by atoms with Gasteiger partial charge in [0.2, 0.25) is 0 Å². The van der Waals surface area contributed by atoms with E-state index in [1.165, 1.54) is 11.3 Å². The molecule has 1 aromatic heterocycles. The fraction of sp³-hybridized carbons (Fsp3) is 0.0833. The Bertz CT molecular complexity index is 721. The van der Waals surface area contributed by atoms with E-state index in [0.29, 0.717) is 22.9 Å². The van der Waals surface area contributed by atoms with Crippen molar-refractivity contribution in [1.29, 1.82) is 0 Å². The van der Waals surface area contributed by atoms with Gasteiger partial charge in [-0.2, -0.15) is 0 Å². The van der Waals surface area contributed by atoms with Crippen molar-refractivity contribution in [3.63, 3.8) is 0 Å². The van der Waals surface area contributed by atoms with E-state index in [1.807, 2.05) is 30.3 Å². The zero-order valence-corrected chi connectivity index (χ0v) is 10.9. The Balaban J connectivity index is 2.09. The Morgan fingerprint density at radius 1 is 1.28 bits per heavy atom. The average molecular weight is 275 g/mol. The largest absolute Gasteiger partial charge is 0.293 e. The van der Waals surface area contributed by atoms with Gasteiger partial charge < -0.3 is 0 Å². The highest BCUT2D eigenvalue weighted by atomic mass is 32.1. The van der Waals surface area contributed by atoms with Crippen LogP contribution in [0.25, 0.3) is 10.1 Å². The van der Waals surface area contributed by atoms with E-state index in [0.717, 1.165) is 10.1 Å². The highest BCUT2D eigenvalue weighted by Gasteiger charge is 2.12. The number of rotatable bonds is 1. The molecule has 0 saturated carbocycles. The molecule has 18 heavy (non-hydrogen) atoms. The molecule has 0 aliphatic carbocycles. The maximum Gasteiger partial charge on any atom is 0.258 e. The Kier molecular flexibility index (Phi) is 2.81. The first-order chi connectivity index (χ1) is 8.72. The molecule has 1 aromatic carbocycles. The SMILES string of the molecule is O=c1sc2ccccc2cc1N=C1CC(=S)NN1. The van der Waals surface area contributed by atoms with Crippen molar-refractivity contribution in [1.82, 2.24) is 10.9 Å². The van der Waals surface area contributed by atoms with E-state index in [2.05, 4.69) is 15.8 Å². The molecule has 1 saturated heterocycles. The molecule has 0 bridgehead atoms. The first-order valence-electron chi connectivity index (χ1n) is 5.38. The molecular formula is C12H9N3OS2. The molecular weight excluding hydrogens is 266 g/mol. The minimum absolute atomic E-state index is 0.0409.